The second-order valence-electron chi connectivity index (χ2n) is 2.40. The second-order valence-corrected chi connectivity index (χ2v) is 2.40. The van der Waals surface area contributed by atoms with Gasteiger partial charge in [-0.1, -0.05) is 0 Å². The molecule has 0 saturated carbocycles. The molecule has 1 aromatic carbocycles. The van der Waals surface area contributed by atoms with Gasteiger partial charge in [-0.25, -0.2) is 0 Å². The summed E-state index contributed by atoms with van der Waals surface area (Å²) in [5, 5.41) is 0. The van der Waals surface area contributed by atoms with E-state index in [0.29, 0.717) is 6.07 Å². The van der Waals surface area contributed by atoms with E-state index in [0.717, 1.165) is 0 Å². The zero-order chi connectivity index (χ0) is 11.0. The first-order valence-corrected chi connectivity index (χ1v) is 3.29. The fourth-order valence-corrected chi connectivity index (χ4v) is 0.747. The lowest BCUT2D eigenvalue weighted by atomic mass is 10.1. The van der Waals surface area contributed by atoms with Crippen LogP contribution in [0.4, 0.5) is 26.3 Å². The Morgan fingerprint density at radius 1 is 0.786 bits per heavy atom. The van der Waals surface area contributed by atoms with Crippen molar-refractivity contribution in [1.29, 1.82) is 0 Å². The molecule has 1 rings (SSSR count). The summed E-state index contributed by atoms with van der Waals surface area (Å²) in [7, 11) is 0. The van der Waals surface area contributed by atoms with Gasteiger partial charge in [-0.15, -0.1) is 0 Å². The maximum atomic E-state index is 11.9. The summed E-state index contributed by atoms with van der Waals surface area (Å²) in [6.07, 6.45) is -9.65. The molecule has 0 spiro atoms. The fraction of sp³-hybridized carbons (Fsp3) is 0.250. The van der Waals surface area contributed by atoms with E-state index in [1.54, 1.807) is 12.1 Å². The number of alkyl halides is 6. The first-order chi connectivity index (χ1) is 6.21. The third kappa shape index (κ3) is 2.40. The Labute approximate surface area is 75.2 Å². The van der Waals surface area contributed by atoms with Crippen molar-refractivity contribution in [1.82, 2.24) is 0 Å². The van der Waals surface area contributed by atoms with E-state index in [9.17, 15) is 26.3 Å². The number of halogens is 6. The van der Waals surface area contributed by atoms with Gasteiger partial charge >= 0.3 is 12.4 Å². The Hall–Kier alpha value is -1.20. The van der Waals surface area contributed by atoms with Gasteiger partial charge in [0.2, 0.25) is 0 Å². The quantitative estimate of drug-likeness (QED) is 0.578. The van der Waals surface area contributed by atoms with Crippen molar-refractivity contribution in [3.8, 4) is 0 Å². The zero-order valence-electron chi connectivity index (χ0n) is 6.42. The number of rotatable bonds is 0. The lowest BCUT2D eigenvalue weighted by Gasteiger charge is -2.09. The van der Waals surface area contributed by atoms with E-state index in [1.165, 1.54) is 0 Å². The zero-order valence-corrected chi connectivity index (χ0v) is 6.42. The number of benzene rings is 1. The standard InChI is InChI=1S/C8H2F6/c9-7(10,11)5-2-1-3-6(4-5)8(12,13)14/h1,4H. The van der Waals surface area contributed by atoms with Crippen molar-refractivity contribution in [3.05, 3.63) is 35.4 Å². The van der Waals surface area contributed by atoms with Crippen molar-refractivity contribution < 1.29 is 26.3 Å². The van der Waals surface area contributed by atoms with Gasteiger partial charge in [0, 0.05) is 0 Å². The van der Waals surface area contributed by atoms with Crippen LogP contribution in [0.15, 0.2) is 12.1 Å². The van der Waals surface area contributed by atoms with Gasteiger partial charge in [0.25, 0.3) is 0 Å². The molecule has 0 bridgehead atoms. The minimum Gasteiger partial charge on any atom is -0.166 e. The molecule has 0 fully saturated rings. The number of hydrogen-bond acceptors (Lipinski definition) is 0. The summed E-state index contributed by atoms with van der Waals surface area (Å²) < 4.78 is 71.7. The molecule has 2 radical (unpaired) electrons. The van der Waals surface area contributed by atoms with Gasteiger partial charge < -0.3 is 0 Å². The van der Waals surface area contributed by atoms with Crippen molar-refractivity contribution in [2.75, 3.05) is 0 Å². The SMILES string of the molecule is FC(F)(F)c1[c]c[c]c(C(F)(F)F)c1. The molecule has 14 heavy (non-hydrogen) atoms. The average Bonchev–Trinajstić information content (AvgIpc) is 2.01. The van der Waals surface area contributed by atoms with E-state index >= 15 is 0 Å². The molecular formula is C8H2F6. The topological polar surface area (TPSA) is 0 Å². The van der Waals surface area contributed by atoms with E-state index in [-0.39, 0.29) is 6.07 Å². The predicted molar refractivity (Wildman–Crippen MR) is 34.1 cm³/mol. The van der Waals surface area contributed by atoms with Crippen LogP contribution < -0.4 is 0 Å². The molecule has 76 valence electrons. The first kappa shape index (κ1) is 10.9. The molecule has 0 atom stereocenters. The molecule has 0 nitrogen and oxygen atoms in total. The summed E-state index contributed by atoms with van der Waals surface area (Å²) in [6.45, 7) is 0. The van der Waals surface area contributed by atoms with E-state index in [1.807, 2.05) is 0 Å². The molecule has 0 unspecified atom stereocenters. The van der Waals surface area contributed by atoms with Gasteiger partial charge in [-0.3, -0.25) is 0 Å². The van der Waals surface area contributed by atoms with Crippen LogP contribution in [0.25, 0.3) is 0 Å². The van der Waals surface area contributed by atoms with Gasteiger partial charge in [-0.05, 0) is 24.3 Å². The Bertz CT molecular complexity index is 292. The van der Waals surface area contributed by atoms with Crippen molar-refractivity contribution in [2.45, 2.75) is 12.4 Å². The summed E-state index contributed by atoms with van der Waals surface area (Å²) >= 11 is 0. The summed E-state index contributed by atoms with van der Waals surface area (Å²) in [5.41, 5.74) is -2.91. The van der Waals surface area contributed by atoms with E-state index in [2.05, 4.69) is 0 Å². The molecule has 0 saturated heterocycles. The molecule has 1 aromatic rings. The first-order valence-electron chi connectivity index (χ1n) is 3.29. The van der Waals surface area contributed by atoms with Gasteiger partial charge in [0.05, 0.1) is 11.1 Å². The third-order valence-corrected chi connectivity index (χ3v) is 1.35. The van der Waals surface area contributed by atoms with Crippen LogP contribution in [-0.4, -0.2) is 0 Å². The van der Waals surface area contributed by atoms with Crippen LogP contribution >= 0.6 is 0 Å². The molecule has 0 aromatic heterocycles. The highest BCUT2D eigenvalue weighted by Gasteiger charge is 2.36. The molecule has 0 aliphatic heterocycles. The lowest BCUT2D eigenvalue weighted by Crippen LogP contribution is -2.10. The Kier molecular flexibility index (Phi) is 2.47. The highest BCUT2D eigenvalue weighted by molar-refractivity contribution is 5.25. The second kappa shape index (κ2) is 3.18. The van der Waals surface area contributed by atoms with Crippen molar-refractivity contribution in [3.63, 3.8) is 0 Å². The van der Waals surface area contributed by atoms with Gasteiger partial charge in [0.15, 0.2) is 0 Å². The highest BCUT2D eigenvalue weighted by Crippen LogP contribution is 2.34. The molecular weight excluding hydrogens is 210 g/mol. The minimum atomic E-state index is -4.82. The van der Waals surface area contributed by atoms with Crippen LogP contribution in [0, 0.1) is 12.1 Å². The van der Waals surface area contributed by atoms with E-state index < -0.39 is 23.5 Å². The summed E-state index contributed by atoms with van der Waals surface area (Å²) in [4.78, 5) is 0. The van der Waals surface area contributed by atoms with Crippen LogP contribution in [-0.2, 0) is 12.4 Å². The van der Waals surface area contributed by atoms with Crippen LogP contribution in [0.1, 0.15) is 11.1 Å². The monoisotopic (exact) mass is 212 g/mol. The Morgan fingerprint density at radius 3 is 1.43 bits per heavy atom. The number of hydrogen-bond donors (Lipinski definition) is 0. The molecule has 6 heteroatoms. The molecule has 0 aliphatic rings. The maximum absolute atomic E-state index is 11.9. The maximum Gasteiger partial charge on any atom is 0.417 e. The molecule has 0 aliphatic carbocycles. The minimum absolute atomic E-state index is 0.0278. The normalized spacial score (nSPS) is 13.0. The lowest BCUT2D eigenvalue weighted by molar-refractivity contribution is -0.143. The average molecular weight is 212 g/mol. The Balaban J connectivity index is 3.15. The van der Waals surface area contributed by atoms with Crippen molar-refractivity contribution in [2.24, 2.45) is 0 Å². The predicted octanol–water partition coefficient (Wildman–Crippen LogP) is 3.32. The summed E-state index contributed by atoms with van der Waals surface area (Å²) in [6, 6.07) is 3.73. The van der Waals surface area contributed by atoms with Crippen LogP contribution in [0.2, 0.25) is 0 Å². The molecule has 0 N–H and O–H groups in total. The summed E-state index contributed by atoms with van der Waals surface area (Å²) in [5.74, 6) is 0. The van der Waals surface area contributed by atoms with Crippen LogP contribution in [0.3, 0.4) is 0 Å². The van der Waals surface area contributed by atoms with Crippen LogP contribution in [0.5, 0.6) is 0 Å². The highest BCUT2D eigenvalue weighted by atomic mass is 19.4. The van der Waals surface area contributed by atoms with E-state index in [4.69, 9.17) is 0 Å². The van der Waals surface area contributed by atoms with Gasteiger partial charge in [0.1, 0.15) is 0 Å². The fourth-order valence-electron chi connectivity index (χ4n) is 0.747. The Morgan fingerprint density at radius 2 is 1.14 bits per heavy atom. The molecule has 0 amide bonds. The third-order valence-electron chi connectivity index (χ3n) is 1.35. The van der Waals surface area contributed by atoms with Gasteiger partial charge in [-0.2, -0.15) is 26.3 Å². The van der Waals surface area contributed by atoms with Crippen molar-refractivity contribution >= 4 is 0 Å². The largest absolute Gasteiger partial charge is 0.417 e. The smallest absolute Gasteiger partial charge is 0.166 e. The molecule has 0 heterocycles.